The van der Waals surface area contributed by atoms with Crippen molar-refractivity contribution in [2.24, 2.45) is 0 Å². The van der Waals surface area contributed by atoms with Crippen molar-refractivity contribution in [2.45, 2.75) is 13.8 Å². The second-order valence-corrected chi connectivity index (χ2v) is 6.03. The number of carbonyl (C=O) groups excluding carboxylic acids is 4. The van der Waals surface area contributed by atoms with Crippen LogP contribution < -0.4 is 15.5 Å². The molecule has 0 aliphatic rings. The third-order valence-electron chi connectivity index (χ3n) is 3.65. The Hall–Kier alpha value is -3.68. The lowest BCUT2D eigenvalue weighted by Gasteiger charge is -2.17. The first kappa shape index (κ1) is 20.6. The van der Waals surface area contributed by atoms with Gasteiger partial charge in [0.05, 0.1) is 5.56 Å². The number of anilines is 3. The summed E-state index contributed by atoms with van der Waals surface area (Å²) in [5.41, 5.74) is 1.39. The van der Waals surface area contributed by atoms with Gasteiger partial charge in [-0.3, -0.25) is 14.4 Å². The molecule has 0 bridgehead atoms. The summed E-state index contributed by atoms with van der Waals surface area (Å²) in [4.78, 5) is 48.6. The Labute approximate surface area is 162 Å². The third kappa shape index (κ3) is 5.94. The molecular weight excluding hydrogens is 362 g/mol. The molecule has 0 saturated heterocycles. The van der Waals surface area contributed by atoms with Crippen LogP contribution in [0.25, 0.3) is 0 Å². The molecule has 0 unspecified atom stereocenters. The van der Waals surface area contributed by atoms with Crippen LogP contribution in [0.3, 0.4) is 0 Å². The topological polar surface area (TPSA) is 105 Å². The van der Waals surface area contributed by atoms with Gasteiger partial charge in [-0.2, -0.15) is 0 Å². The van der Waals surface area contributed by atoms with Crippen LogP contribution in [0, 0.1) is 0 Å². The molecule has 8 nitrogen and oxygen atoms in total. The van der Waals surface area contributed by atoms with Crippen LogP contribution in [0.15, 0.2) is 48.5 Å². The Balaban J connectivity index is 2.10. The molecule has 0 aromatic heterocycles. The smallest absolute Gasteiger partial charge is 0.338 e. The zero-order chi connectivity index (χ0) is 20.7. The summed E-state index contributed by atoms with van der Waals surface area (Å²) in [6, 6.07) is 13.3. The van der Waals surface area contributed by atoms with Crippen molar-refractivity contribution in [3.05, 3.63) is 54.1 Å². The van der Waals surface area contributed by atoms with Gasteiger partial charge in [0, 0.05) is 38.0 Å². The summed E-state index contributed by atoms with van der Waals surface area (Å²) in [5, 5.41) is 5.09. The van der Waals surface area contributed by atoms with Crippen molar-refractivity contribution in [2.75, 3.05) is 29.2 Å². The van der Waals surface area contributed by atoms with Crippen molar-refractivity contribution < 1.29 is 23.9 Å². The first-order chi connectivity index (χ1) is 13.3. The van der Waals surface area contributed by atoms with Crippen molar-refractivity contribution >= 4 is 40.8 Å². The fourth-order valence-corrected chi connectivity index (χ4v) is 2.40. The predicted octanol–water partition coefficient (Wildman–Crippen LogP) is 2.42. The minimum absolute atomic E-state index is 0.0881. The number of amides is 3. The quantitative estimate of drug-likeness (QED) is 0.746. The number of esters is 1. The number of likely N-dealkylation sites (N-methyl/N-ethyl adjacent to an activating group) is 1. The molecule has 3 amide bonds. The zero-order valence-corrected chi connectivity index (χ0v) is 15.8. The van der Waals surface area contributed by atoms with Crippen LogP contribution in [0.2, 0.25) is 0 Å². The number of nitrogens with zero attached hydrogens (tertiary/aromatic N) is 1. The lowest BCUT2D eigenvalue weighted by Crippen LogP contribution is -2.31. The van der Waals surface area contributed by atoms with Gasteiger partial charge in [-0.15, -0.1) is 0 Å². The SMILES string of the molecule is CC(=O)Nc1cc(NC(C)=O)cc(C(=O)OCC(=O)N(C)c2ccccc2)c1. The first-order valence-corrected chi connectivity index (χ1v) is 8.45. The fraction of sp³-hybridized carbons (Fsp3) is 0.200. The average molecular weight is 383 g/mol. The fourth-order valence-electron chi connectivity index (χ4n) is 2.40. The van der Waals surface area contributed by atoms with E-state index in [0.717, 1.165) is 0 Å². The number of para-hydroxylation sites is 1. The van der Waals surface area contributed by atoms with E-state index in [-0.39, 0.29) is 17.4 Å². The van der Waals surface area contributed by atoms with Crippen LogP contribution in [-0.2, 0) is 19.1 Å². The number of rotatable bonds is 6. The second kappa shape index (κ2) is 9.31. The number of hydrogen-bond acceptors (Lipinski definition) is 5. The van der Waals surface area contributed by atoms with E-state index in [1.54, 1.807) is 31.3 Å². The van der Waals surface area contributed by atoms with Gasteiger partial charge in [0.15, 0.2) is 6.61 Å². The molecule has 0 radical (unpaired) electrons. The van der Waals surface area contributed by atoms with Crippen molar-refractivity contribution in [3.8, 4) is 0 Å². The van der Waals surface area contributed by atoms with Crippen LogP contribution in [0.1, 0.15) is 24.2 Å². The molecular formula is C20H21N3O5. The Kier molecular flexibility index (Phi) is 6.86. The number of ether oxygens (including phenoxy) is 1. The molecule has 0 aliphatic carbocycles. The monoisotopic (exact) mass is 383 g/mol. The standard InChI is InChI=1S/C20H21N3O5/c1-13(24)21-16-9-15(10-17(11-16)22-14(2)25)20(27)28-12-19(26)23(3)18-7-5-4-6-8-18/h4-11H,12H2,1-3H3,(H,21,24)(H,22,25). The number of carbonyl (C=O) groups is 4. The van der Waals surface area contributed by atoms with Crippen LogP contribution in [0.5, 0.6) is 0 Å². The van der Waals surface area contributed by atoms with Gasteiger partial charge < -0.3 is 20.3 Å². The Morgan fingerprint density at radius 2 is 1.43 bits per heavy atom. The number of benzene rings is 2. The van der Waals surface area contributed by atoms with Crippen LogP contribution in [-0.4, -0.2) is 37.3 Å². The van der Waals surface area contributed by atoms with E-state index in [1.807, 2.05) is 6.07 Å². The van der Waals surface area contributed by atoms with Crippen molar-refractivity contribution in [3.63, 3.8) is 0 Å². The van der Waals surface area contributed by atoms with Gasteiger partial charge in [0.1, 0.15) is 0 Å². The molecule has 2 aromatic carbocycles. The highest BCUT2D eigenvalue weighted by Crippen LogP contribution is 2.20. The summed E-state index contributed by atoms with van der Waals surface area (Å²) in [6.07, 6.45) is 0. The second-order valence-electron chi connectivity index (χ2n) is 6.03. The van der Waals surface area contributed by atoms with Gasteiger partial charge in [0.25, 0.3) is 5.91 Å². The molecule has 8 heteroatoms. The molecule has 0 fully saturated rings. The molecule has 0 heterocycles. The maximum absolute atomic E-state index is 12.4. The molecule has 0 saturated carbocycles. The van der Waals surface area contributed by atoms with E-state index in [0.29, 0.717) is 17.1 Å². The Morgan fingerprint density at radius 1 is 0.893 bits per heavy atom. The van der Waals surface area contributed by atoms with E-state index in [2.05, 4.69) is 10.6 Å². The normalized spacial score (nSPS) is 9.96. The van der Waals surface area contributed by atoms with E-state index < -0.39 is 18.5 Å². The van der Waals surface area contributed by atoms with Gasteiger partial charge in [-0.25, -0.2) is 4.79 Å². The Bertz CT molecular complexity index is 862. The summed E-state index contributed by atoms with van der Waals surface area (Å²) in [6.45, 7) is 2.19. The van der Waals surface area contributed by atoms with Gasteiger partial charge >= 0.3 is 5.97 Å². The minimum Gasteiger partial charge on any atom is -0.452 e. The van der Waals surface area contributed by atoms with Gasteiger partial charge in [-0.1, -0.05) is 18.2 Å². The molecule has 0 spiro atoms. The highest BCUT2D eigenvalue weighted by molar-refractivity contribution is 5.99. The highest BCUT2D eigenvalue weighted by atomic mass is 16.5. The van der Waals surface area contributed by atoms with Crippen molar-refractivity contribution in [1.29, 1.82) is 0 Å². The predicted molar refractivity (Wildman–Crippen MR) is 105 cm³/mol. The van der Waals surface area contributed by atoms with E-state index >= 15 is 0 Å². The van der Waals surface area contributed by atoms with Gasteiger partial charge in [-0.05, 0) is 30.3 Å². The van der Waals surface area contributed by atoms with Crippen molar-refractivity contribution in [1.82, 2.24) is 0 Å². The molecule has 146 valence electrons. The molecule has 2 rings (SSSR count). The average Bonchev–Trinajstić information content (AvgIpc) is 2.64. The molecule has 0 aliphatic heterocycles. The maximum atomic E-state index is 12.4. The third-order valence-corrected chi connectivity index (χ3v) is 3.65. The summed E-state index contributed by atoms with van der Waals surface area (Å²) in [5.74, 6) is -1.83. The highest BCUT2D eigenvalue weighted by Gasteiger charge is 2.16. The molecule has 2 aromatic rings. The first-order valence-electron chi connectivity index (χ1n) is 8.45. The van der Waals surface area contributed by atoms with Gasteiger partial charge in [0.2, 0.25) is 11.8 Å². The lowest BCUT2D eigenvalue weighted by atomic mass is 10.1. The van der Waals surface area contributed by atoms with E-state index in [4.69, 9.17) is 4.74 Å². The van der Waals surface area contributed by atoms with E-state index in [9.17, 15) is 19.2 Å². The maximum Gasteiger partial charge on any atom is 0.338 e. The summed E-state index contributed by atoms with van der Waals surface area (Å²) >= 11 is 0. The van der Waals surface area contributed by atoms with Crippen LogP contribution >= 0.6 is 0 Å². The summed E-state index contributed by atoms with van der Waals surface area (Å²) in [7, 11) is 1.58. The minimum atomic E-state index is -0.756. The lowest BCUT2D eigenvalue weighted by molar-refractivity contribution is -0.121. The zero-order valence-electron chi connectivity index (χ0n) is 15.8. The number of hydrogen-bond donors (Lipinski definition) is 2. The molecule has 28 heavy (non-hydrogen) atoms. The number of nitrogens with one attached hydrogen (secondary N) is 2. The largest absolute Gasteiger partial charge is 0.452 e. The van der Waals surface area contributed by atoms with Crippen LogP contribution in [0.4, 0.5) is 17.1 Å². The van der Waals surface area contributed by atoms with E-state index in [1.165, 1.54) is 36.9 Å². The summed E-state index contributed by atoms with van der Waals surface area (Å²) < 4.78 is 5.10. The molecule has 2 N–H and O–H groups in total. The molecule has 0 atom stereocenters. The Morgan fingerprint density at radius 3 is 1.93 bits per heavy atom.